The van der Waals surface area contributed by atoms with Gasteiger partial charge in [0.15, 0.2) is 11.6 Å². The Balaban J connectivity index is 1.63. The van der Waals surface area contributed by atoms with Crippen molar-refractivity contribution in [3.63, 3.8) is 0 Å². The first kappa shape index (κ1) is 18.2. The maximum Gasteiger partial charge on any atom is 0.239 e. The van der Waals surface area contributed by atoms with E-state index >= 15 is 0 Å². The molecule has 1 unspecified atom stereocenters. The first-order chi connectivity index (χ1) is 12.4. The molecule has 0 saturated carbocycles. The second kappa shape index (κ2) is 7.73. The molecule has 0 spiro atoms. The first-order valence-electron chi connectivity index (χ1n) is 8.02. The van der Waals surface area contributed by atoms with Crippen LogP contribution in [0.1, 0.15) is 49.5 Å². The Morgan fingerprint density at radius 1 is 1.23 bits per heavy atom. The maximum atomic E-state index is 12.9. The molecular formula is C16H19FN6O2S. The third kappa shape index (κ3) is 4.13. The summed E-state index contributed by atoms with van der Waals surface area (Å²) in [5, 5.41) is 12.4. The van der Waals surface area contributed by atoms with Crippen LogP contribution in [0.5, 0.6) is 5.75 Å². The summed E-state index contributed by atoms with van der Waals surface area (Å²) in [5.41, 5.74) is 0. The summed E-state index contributed by atoms with van der Waals surface area (Å²) >= 11 is 1.36. The number of ether oxygens (including phenoxy) is 1. The summed E-state index contributed by atoms with van der Waals surface area (Å²) < 4.78 is 25.1. The van der Waals surface area contributed by atoms with Crippen molar-refractivity contribution in [1.82, 2.24) is 25.0 Å². The average molecular weight is 378 g/mol. The highest BCUT2D eigenvalue weighted by molar-refractivity contribution is 7.99. The van der Waals surface area contributed by atoms with Crippen LogP contribution in [0, 0.1) is 5.82 Å². The molecule has 1 atom stereocenters. The van der Waals surface area contributed by atoms with Gasteiger partial charge in [-0.15, -0.1) is 10.2 Å². The van der Waals surface area contributed by atoms with Gasteiger partial charge in [-0.25, -0.2) is 9.07 Å². The fourth-order valence-electron chi connectivity index (χ4n) is 2.02. The number of halogens is 1. The highest BCUT2D eigenvalue weighted by Crippen LogP contribution is 2.32. The summed E-state index contributed by atoms with van der Waals surface area (Å²) in [4.78, 5) is 4.37. The van der Waals surface area contributed by atoms with E-state index in [0.29, 0.717) is 28.4 Å². The van der Waals surface area contributed by atoms with Crippen molar-refractivity contribution in [3.8, 4) is 5.75 Å². The van der Waals surface area contributed by atoms with Crippen molar-refractivity contribution < 1.29 is 13.7 Å². The molecule has 0 saturated heterocycles. The molecule has 0 aliphatic heterocycles. The fourth-order valence-corrected chi connectivity index (χ4v) is 2.84. The lowest BCUT2D eigenvalue weighted by molar-refractivity contribution is 0.291. The third-order valence-corrected chi connectivity index (χ3v) is 4.56. The Morgan fingerprint density at radius 3 is 2.62 bits per heavy atom. The molecule has 1 aromatic carbocycles. The smallest absolute Gasteiger partial charge is 0.239 e. The van der Waals surface area contributed by atoms with Gasteiger partial charge in [0.05, 0.1) is 5.25 Å². The van der Waals surface area contributed by atoms with Crippen molar-refractivity contribution in [1.29, 1.82) is 0 Å². The summed E-state index contributed by atoms with van der Waals surface area (Å²) in [6, 6.07) is 5.71. The van der Waals surface area contributed by atoms with E-state index in [-0.39, 0.29) is 23.6 Å². The van der Waals surface area contributed by atoms with Crippen LogP contribution in [0.3, 0.4) is 0 Å². The Hall–Kier alpha value is -2.62. The second-order valence-electron chi connectivity index (χ2n) is 5.92. The molecule has 2 aromatic heterocycles. The SMILES string of the molecule is CC(C)c1noc(C(C)Sc2nnc(COc3ccc(F)cc3)n2N)n1. The normalized spacial score (nSPS) is 12.5. The second-order valence-corrected chi connectivity index (χ2v) is 7.22. The van der Waals surface area contributed by atoms with Crippen LogP contribution < -0.4 is 10.6 Å². The molecule has 2 N–H and O–H groups in total. The van der Waals surface area contributed by atoms with Crippen molar-refractivity contribution >= 4 is 11.8 Å². The number of nitrogens with zero attached hydrogens (tertiary/aromatic N) is 5. The fraction of sp³-hybridized carbons (Fsp3) is 0.375. The van der Waals surface area contributed by atoms with Gasteiger partial charge < -0.3 is 15.1 Å². The summed E-state index contributed by atoms with van der Waals surface area (Å²) in [6.07, 6.45) is 0. The number of hydrogen-bond donors (Lipinski definition) is 1. The standard InChI is InChI=1S/C16H19FN6O2S/c1-9(2)14-19-15(25-22-14)10(3)26-16-21-20-13(23(16)18)8-24-12-6-4-11(17)5-7-12/h4-7,9-10H,8,18H2,1-3H3. The van der Waals surface area contributed by atoms with Crippen LogP contribution in [0.15, 0.2) is 33.9 Å². The van der Waals surface area contributed by atoms with Crippen LogP contribution >= 0.6 is 11.8 Å². The molecule has 138 valence electrons. The topological polar surface area (TPSA) is 105 Å². The summed E-state index contributed by atoms with van der Waals surface area (Å²) in [5.74, 6) is 8.03. The van der Waals surface area contributed by atoms with Gasteiger partial charge >= 0.3 is 0 Å². The van der Waals surface area contributed by atoms with E-state index in [1.807, 2.05) is 20.8 Å². The molecule has 0 amide bonds. The number of nitrogen functional groups attached to an aromatic ring is 1. The highest BCUT2D eigenvalue weighted by Gasteiger charge is 2.21. The number of rotatable bonds is 7. The molecular weight excluding hydrogens is 359 g/mol. The predicted molar refractivity (Wildman–Crippen MR) is 93.6 cm³/mol. The van der Waals surface area contributed by atoms with Gasteiger partial charge in [-0.3, -0.25) is 0 Å². The van der Waals surface area contributed by atoms with Crippen molar-refractivity contribution in [2.75, 3.05) is 5.84 Å². The van der Waals surface area contributed by atoms with E-state index in [4.69, 9.17) is 15.1 Å². The third-order valence-electron chi connectivity index (χ3n) is 3.52. The average Bonchev–Trinajstić information content (AvgIpc) is 3.23. The van der Waals surface area contributed by atoms with Crippen LogP contribution in [-0.4, -0.2) is 25.0 Å². The van der Waals surface area contributed by atoms with Gasteiger partial charge in [0.1, 0.15) is 18.2 Å². The number of aromatic nitrogens is 5. The van der Waals surface area contributed by atoms with Crippen LogP contribution in [-0.2, 0) is 6.61 Å². The minimum atomic E-state index is -0.325. The molecule has 0 aliphatic carbocycles. The summed E-state index contributed by atoms with van der Waals surface area (Å²) in [6.45, 7) is 6.03. The zero-order chi connectivity index (χ0) is 18.7. The van der Waals surface area contributed by atoms with E-state index in [2.05, 4.69) is 20.3 Å². The Labute approximate surface area is 153 Å². The van der Waals surface area contributed by atoms with Crippen LogP contribution in [0.4, 0.5) is 4.39 Å². The molecule has 3 rings (SSSR count). The monoisotopic (exact) mass is 378 g/mol. The molecule has 8 nitrogen and oxygen atoms in total. The van der Waals surface area contributed by atoms with Crippen LogP contribution in [0.25, 0.3) is 0 Å². The van der Waals surface area contributed by atoms with E-state index in [9.17, 15) is 4.39 Å². The minimum Gasteiger partial charge on any atom is -0.486 e. The molecule has 3 aromatic rings. The van der Waals surface area contributed by atoms with Crippen molar-refractivity contribution in [2.45, 2.75) is 43.7 Å². The van der Waals surface area contributed by atoms with Crippen LogP contribution in [0.2, 0.25) is 0 Å². The van der Waals surface area contributed by atoms with Crippen molar-refractivity contribution in [2.24, 2.45) is 0 Å². The first-order valence-corrected chi connectivity index (χ1v) is 8.90. The Bertz CT molecular complexity index is 864. The lowest BCUT2D eigenvalue weighted by Gasteiger charge is -2.07. The van der Waals surface area contributed by atoms with Crippen molar-refractivity contribution in [3.05, 3.63) is 47.6 Å². The van der Waals surface area contributed by atoms with Gasteiger partial charge in [-0.2, -0.15) is 4.98 Å². The molecule has 10 heteroatoms. The van der Waals surface area contributed by atoms with E-state index < -0.39 is 0 Å². The van der Waals surface area contributed by atoms with Gasteiger partial charge in [0, 0.05) is 5.92 Å². The summed E-state index contributed by atoms with van der Waals surface area (Å²) in [7, 11) is 0. The van der Waals surface area contributed by atoms with Gasteiger partial charge in [0.2, 0.25) is 11.0 Å². The number of nitrogens with two attached hydrogens (primary N) is 1. The molecule has 2 heterocycles. The maximum absolute atomic E-state index is 12.9. The predicted octanol–water partition coefficient (Wildman–Crippen LogP) is 3.07. The number of benzene rings is 1. The number of hydrogen-bond acceptors (Lipinski definition) is 8. The van der Waals surface area contributed by atoms with Gasteiger partial charge in [-0.1, -0.05) is 30.8 Å². The Morgan fingerprint density at radius 2 is 1.96 bits per heavy atom. The van der Waals surface area contributed by atoms with Gasteiger partial charge in [-0.05, 0) is 31.2 Å². The zero-order valence-corrected chi connectivity index (χ0v) is 15.4. The lowest BCUT2D eigenvalue weighted by Crippen LogP contribution is -2.16. The largest absolute Gasteiger partial charge is 0.486 e. The van der Waals surface area contributed by atoms with Gasteiger partial charge in [0.25, 0.3) is 0 Å². The van der Waals surface area contributed by atoms with E-state index in [1.165, 1.54) is 40.7 Å². The minimum absolute atomic E-state index is 0.113. The molecule has 0 fully saturated rings. The molecule has 0 bridgehead atoms. The van der Waals surface area contributed by atoms with E-state index in [1.54, 1.807) is 0 Å². The number of thioether (sulfide) groups is 1. The molecule has 26 heavy (non-hydrogen) atoms. The Kier molecular flexibility index (Phi) is 5.40. The quantitative estimate of drug-likeness (QED) is 0.494. The molecule has 0 radical (unpaired) electrons. The molecule has 0 aliphatic rings. The zero-order valence-electron chi connectivity index (χ0n) is 14.6. The highest BCUT2D eigenvalue weighted by atomic mass is 32.2. The van der Waals surface area contributed by atoms with E-state index in [0.717, 1.165) is 0 Å². The lowest BCUT2D eigenvalue weighted by atomic mass is 10.2.